The van der Waals surface area contributed by atoms with Gasteiger partial charge in [-0.2, -0.15) is 0 Å². The summed E-state index contributed by atoms with van der Waals surface area (Å²) in [4.78, 5) is 27.9. The van der Waals surface area contributed by atoms with Crippen molar-refractivity contribution in [2.24, 2.45) is 0 Å². The molecule has 6 nitrogen and oxygen atoms in total. The smallest absolute Gasteiger partial charge is 0.290 e. The summed E-state index contributed by atoms with van der Waals surface area (Å²) in [6.45, 7) is 8.63. The first-order valence-corrected chi connectivity index (χ1v) is 13.5. The Morgan fingerprint density at radius 3 is 2.32 bits per heavy atom. The summed E-state index contributed by atoms with van der Waals surface area (Å²) >= 11 is 0. The predicted octanol–water partition coefficient (Wildman–Crippen LogP) is 4.48. The first-order chi connectivity index (χ1) is 16.0. The van der Waals surface area contributed by atoms with Gasteiger partial charge in [0.1, 0.15) is 5.58 Å². The molecule has 34 heavy (non-hydrogen) atoms. The van der Waals surface area contributed by atoms with E-state index in [-0.39, 0.29) is 34.7 Å². The quantitative estimate of drug-likeness (QED) is 0.536. The number of rotatable bonds is 5. The van der Waals surface area contributed by atoms with Crippen LogP contribution in [0.1, 0.15) is 61.4 Å². The summed E-state index contributed by atoms with van der Waals surface area (Å²) < 4.78 is 30.2. The van der Waals surface area contributed by atoms with Crippen LogP contribution in [0.4, 0.5) is 0 Å². The third-order valence-electron chi connectivity index (χ3n) is 6.49. The van der Waals surface area contributed by atoms with Gasteiger partial charge < -0.3 is 9.32 Å². The third-order valence-corrected chi connectivity index (χ3v) is 8.24. The number of hydrogen-bond acceptors (Lipinski definition) is 5. The van der Waals surface area contributed by atoms with Crippen LogP contribution in [0.5, 0.6) is 0 Å². The lowest BCUT2D eigenvalue weighted by Crippen LogP contribution is -2.41. The summed E-state index contributed by atoms with van der Waals surface area (Å²) in [5, 5.41) is 0.434. The van der Waals surface area contributed by atoms with Crippen LogP contribution in [0, 0.1) is 0 Å². The number of carbonyl (C=O) groups excluding carboxylic acids is 1. The summed E-state index contributed by atoms with van der Waals surface area (Å²) in [6, 6.07) is 14.1. The molecule has 1 saturated heterocycles. The number of benzene rings is 2. The Labute approximate surface area is 200 Å². The van der Waals surface area contributed by atoms with E-state index in [0.29, 0.717) is 17.4 Å². The van der Waals surface area contributed by atoms with Gasteiger partial charge in [0.25, 0.3) is 5.91 Å². The number of aryl methyl sites for hydroxylation is 1. The van der Waals surface area contributed by atoms with Crippen LogP contribution in [0.15, 0.2) is 57.7 Å². The van der Waals surface area contributed by atoms with Crippen molar-refractivity contribution in [2.45, 2.75) is 58.5 Å². The number of amides is 1. The van der Waals surface area contributed by atoms with Gasteiger partial charge in [-0.25, -0.2) is 8.42 Å². The minimum Gasteiger partial charge on any atom is -0.451 e. The first kappa shape index (κ1) is 24.2. The van der Waals surface area contributed by atoms with Gasteiger partial charge in [-0.1, -0.05) is 58.0 Å². The third kappa shape index (κ3) is 5.09. The lowest BCUT2D eigenvalue weighted by Gasteiger charge is -2.28. The average molecular weight is 482 g/mol. The zero-order chi connectivity index (χ0) is 24.7. The van der Waals surface area contributed by atoms with Gasteiger partial charge >= 0.3 is 0 Å². The lowest BCUT2D eigenvalue weighted by molar-refractivity contribution is 0.0648. The summed E-state index contributed by atoms with van der Waals surface area (Å²) in [7, 11) is -3.21. The molecule has 4 rings (SSSR count). The predicted molar refractivity (Wildman–Crippen MR) is 134 cm³/mol. The average Bonchev–Trinajstić information content (AvgIpc) is 3.15. The molecule has 0 bridgehead atoms. The molecular formula is C27H31NO5S. The second-order valence-corrected chi connectivity index (χ2v) is 12.3. The van der Waals surface area contributed by atoms with Crippen molar-refractivity contribution in [1.29, 1.82) is 0 Å². The molecule has 2 aromatic carbocycles. The number of carbonyl (C=O) groups is 1. The van der Waals surface area contributed by atoms with Crippen LogP contribution in [0.25, 0.3) is 11.0 Å². The second-order valence-electron chi connectivity index (χ2n) is 10.1. The number of sulfone groups is 1. The van der Waals surface area contributed by atoms with Crippen LogP contribution in [-0.4, -0.2) is 36.8 Å². The minimum absolute atomic E-state index is 0.000287. The summed E-state index contributed by atoms with van der Waals surface area (Å²) in [6.07, 6.45) is 1.15. The highest BCUT2D eigenvalue weighted by atomic mass is 32.2. The molecule has 1 aliphatic rings. The molecule has 1 aromatic heterocycles. The van der Waals surface area contributed by atoms with Crippen molar-refractivity contribution in [3.8, 4) is 0 Å². The van der Waals surface area contributed by atoms with Crippen LogP contribution >= 0.6 is 0 Å². The Bertz CT molecular complexity index is 1380. The van der Waals surface area contributed by atoms with E-state index in [1.54, 1.807) is 17.0 Å². The van der Waals surface area contributed by atoms with E-state index in [1.807, 2.05) is 37.3 Å². The fourth-order valence-corrected chi connectivity index (χ4v) is 6.10. The fraction of sp³-hybridized carbons (Fsp3) is 0.407. The van der Waals surface area contributed by atoms with E-state index in [0.717, 1.165) is 17.5 Å². The fourth-order valence-electron chi connectivity index (χ4n) is 4.37. The second kappa shape index (κ2) is 9.02. The molecule has 180 valence electrons. The first-order valence-electron chi connectivity index (χ1n) is 11.6. The SMILES string of the molecule is CCc1ccc2oc(C(=O)N(Cc3ccc(C(C)(C)C)cc3)C3CCS(=O)(=O)C3)cc(=O)c2c1. The molecule has 3 aromatic rings. The van der Waals surface area contributed by atoms with Crippen molar-refractivity contribution >= 4 is 26.7 Å². The van der Waals surface area contributed by atoms with Crippen molar-refractivity contribution in [1.82, 2.24) is 4.90 Å². The maximum Gasteiger partial charge on any atom is 0.290 e. The zero-order valence-corrected chi connectivity index (χ0v) is 20.9. The van der Waals surface area contributed by atoms with E-state index in [1.165, 1.54) is 11.6 Å². The molecule has 0 aliphatic carbocycles. The van der Waals surface area contributed by atoms with Crippen molar-refractivity contribution < 1.29 is 17.6 Å². The maximum atomic E-state index is 13.6. The minimum atomic E-state index is -3.21. The van der Waals surface area contributed by atoms with Crippen LogP contribution in [0.2, 0.25) is 0 Å². The van der Waals surface area contributed by atoms with Crippen LogP contribution in [-0.2, 0) is 28.2 Å². The largest absolute Gasteiger partial charge is 0.451 e. The molecule has 0 N–H and O–H groups in total. The van der Waals surface area contributed by atoms with E-state index in [9.17, 15) is 18.0 Å². The molecule has 1 aliphatic heterocycles. The highest BCUT2D eigenvalue weighted by Crippen LogP contribution is 2.26. The molecule has 1 unspecified atom stereocenters. The van der Waals surface area contributed by atoms with E-state index < -0.39 is 21.8 Å². The normalized spacial score (nSPS) is 17.7. The van der Waals surface area contributed by atoms with E-state index >= 15 is 0 Å². The number of fused-ring (bicyclic) bond motifs is 1. The topological polar surface area (TPSA) is 84.7 Å². The van der Waals surface area contributed by atoms with Crippen molar-refractivity contribution in [3.63, 3.8) is 0 Å². The van der Waals surface area contributed by atoms with Gasteiger partial charge in [0.2, 0.25) is 0 Å². The molecule has 1 fully saturated rings. The standard InChI is InChI=1S/C27H31NO5S/c1-5-18-8-11-24-22(14-18)23(29)15-25(33-24)26(30)28(21-12-13-34(31,32)17-21)16-19-6-9-20(10-7-19)27(2,3)4/h6-11,14-15,21H,5,12-13,16-17H2,1-4H3. The molecule has 0 spiro atoms. The Kier molecular flexibility index (Phi) is 6.42. The Morgan fingerprint density at radius 2 is 1.74 bits per heavy atom. The highest BCUT2D eigenvalue weighted by Gasteiger charge is 2.36. The van der Waals surface area contributed by atoms with Crippen molar-refractivity contribution in [2.75, 3.05) is 11.5 Å². The van der Waals surface area contributed by atoms with Gasteiger partial charge in [-0.05, 0) is 47.1 Å². The molecule has 7 heteroatoms. The maximum absolute atomic E-state index is 13.6. The number of hydrogen-bond donors (Lipinski definition) is 0. The van der Waals surface area contributed by atoms with Crippen LogP contribution < -0.4 is 5.43 Å². The summed E-state index contributed by atoms with van der Waals surface area (Å²) in [5.41, 5.74) is 3.14. The molecule has 1 amide bonds. The monoisotopic (exact) mass is 481 g/mol. The lowest BCUT2D eigenvalue weighted by atomic mass is 9.86. The Hall–Kier alpha value is -2.93. The van der Waals surface area contributed by atoms with Gasteiger partial charge in [-0.3, -0.25) is 9.59 Å². The molecule has 0 radical (unpaired) electrons. The number of nitrogens with zero attached hydrogens (tertiary/aromatic N) is 1. The Morgan fingerprint density at radius 1 is 1.06 bits per heavy atom. The van der Waals surface area contributed by atoms with E-state index in [4.69, 9.17) is 4.42 Å². The molecule has 1 atom stereocenters. The zero-order valence-electron chi connectivity index (χ0n) is 20.1. The van der Waals surface area contributed by atoms with Gasteiger partial charge in [0.15, 0.2) is 21.0 Å². The Balaban J connectivity index is 1.70. The highest BCUT2D eigenvalue weighted by molar-refractivity contribution is 7.91. The van der Waals surface area contributed by atoms with Crippen LogP contribution in [0.3, 0.4) is 0 Å². The van der Waals surface area contributed by atoms with Gasteiger partial charge in [-0.15, -0.1) is 0 Å². The molecular weight excluding hydrogens is 450 g/mol. The van der Waals surface area contributed by atoms with Gasteiger partial charge in [0.05, 0.1) is 16.9 Å². The molecule has 0 saturated carbocycles. The molecule has 2 heterocycles. The van der Waals surface area contributed by atoms with Crippen molar-refractivity contribution in [3.05, 3.63) is 81.2 Å². The van der Waals surface area contributed by atoms with Gasteiger partial charge in [0, 0.05) is 18.7 Å². The summed E-state index contributed by atoms with van der Waals surface area (Å²) in [5.74, 6) is -0.583. The van der Waals surface area contributed by atoms with E-state index in [2.05, 4.69) is 20.8 Å².